The normalized spacial score (nSPS) is 14.6. The molecule has 1 saturated carbocycles. The van der Waals surface area contributed by atoms with Crippen molar-refractivity contribution in [1.82, 2.24) is 4.98 Å². The Labute approximate surface area is 97.6 Å². The van der Waals surface area contributed by atoms with Crippen molar-refractivity contribution in [2.75, 3.05) is 7.11 Å². The topological polar surface area (TPSA) is 56.3 Å². The first kappa shape index (κ1) is 11.1. The van der Waals surface area contributed by atoms with Crippen LogP contribution >= 0.6 is 11.6 Å². The van der Waals surface area contributed by atoms with E-state index in [-0.39, 0.29) is 22.4 Å². The highest BCUT2D eigenvalue weighted by atomic mass is 35.5. The van der Waals surface area contributed by atoms with Gasteiger partial charge in [0, 0.05) is 5.92 Å². The Balaban J connectivity index is 2.28. The van der Waals surface area contributed by atoms with E-state index in [2.05, 4.69) is 9.72 Å². The average molecular weight is 240 g/mol. The van der Waals surface area contributed by atoms with Gasteiger partial charge in [-0.2, -0.15) is 0 Å². The summed E-state index contributed by atoms with van der Waals surface area (Å²) < 4.78 is 4.53. The second-order valence-corrected chi connectivity index (χ2v) is 4.02. The van der Waals surface area contributed by atoms with Gasteiger partial charge < -0.3 is 4.74 Å². The van der Waals surface area contributed by atoms with Gasteiger partial charge in [-0.3, -0.25) is 4.79 Å². The first-order valence-corrected chi connectivity index (χ1v) is 5.30. The number of rotatable bonds is 3. The summed E-state index contributed by atoms with van der Waals surface area (Å²) in [4.78, 5) is 26.8. The van der Waals surface area contributed by atoms with E-state index in [1.54, 1.807) is 0 Å². The van der Waals surface area contributed by atoms with Crippen LogP contribution in [0.2, 0.25) is 5.15 Å². The molecule has 0 N–H and O–H groups in total. The third kappa shape index (κ3) is 2.07. The summed E-state index contributed by atoms with van der Waals surface area (Å²) in [5.41, 5.74) is 0.497. The summed E-state index contributed by atoms with van der Waals surface area (Å²) in [6.45, 7) is 0. The summed E-state index contributed by atoms with van der Waals surface area (Å²) in [7, 11) is 1.27. The van der Waals surface area contributed by atoms with Gasteiger partial charge in [-0.05, 0) is 25.0 Å². The second kappa shape index (κ2) is 4.22. The van der Waals surface area contributed by atoms with Crippen molar-refractivity contribution in [2.45, 2.75) is 12.8 Å². The number of ketones is 1. The van der Waals surface area contributed by atoms with E-state index >= 15 is 0 Å². The first-order valence-electron chi connectivity index (χ1n) is 4.92. The van der Waals surface area contributed by atoms with Crippen molar-refractivity contribution in [2.24, 2.45) is 5.92 Å². The lowest BCUT2D eigenvalue weighted by molar-refractivity contribution is 0.0600. The quantitative estimate of drug-likeness (QED) is 0.461. The number of aromatic nitrogens is 1. The lowest BCUT2D eigenvalue weighted by Gasteiger charge is -2.03. The summed E-state index contributed by atoms with van der Waals surface area (Å²) in [6.07, 6.45) is 1.83. The standard InChI is InChI=1S/C11H10ClNO3/c1-16-11(15)7-4-5-8(13-10(7)12)9(14)6-2-3-6/h4-6H,2-3H2,1H3. The molecule has 0 unspecified atom stereocenters. The Morgan fingerprint density at radius 2 is 2.12 bits per heavy atom. The monoisotopic (exact) mass is 239 g/mol. The van der Waals surface area contributed by atoms with E-state index < -0.39 is 5.97 Å². The molecule has 0 radical (unpaired) electrons. The van der Waals surface area contributed by atoms with Gasteiger partial charge in [0.2, 0.25) is 0 Å². The number of hydrogen-bond acceptors (Lipinski definition) is 4. The van der Waals surface area contributed by atoms with E-state index in [1.807, 2.05) is 0 Å². The molecule has 1 aliphatic carbocycles. The van der Waals surface area contributed by atoms with Crippen LogP contribution in [0.5, 0.6) is 0 Å². The minimum Gasteiger partial charge on any atom is -0.465 e. The highest BCUT2D eigenvalue weighted by molar-refractivity contribution is 6.32. The van der Waals surface area contributed by atoms with Crippen molar-refractivity contribution < 1.29 is 14.3 Å². The molecular weight excluding hydrogens is 230 g/mol. The Hall–Kier alpha value is -1.42. The fraction of sp³-hybridized carbons (Fsp3) is 0.364. The number of carbonyl (C=O) groups excluding carboxylic acids is 2. The zero-order chi connectivity index (χ0) is 11.7. The fourth-order valence-corrected chi connectivity index (χ4v) is 1.62. The molecule has 0 spiro atoms. The third-order valence-electron chi connectivity index (χ3n) is 2.45. The van der Waals surface area contributed by atoms with Gasteiger partial charge in [-0.15, -0.1) is 0 Å². The Morgan fingerprint density at radius 3 is 2.62 bits per heavy atom. The lowest BCUT2D eigenvalue weighted by Crippen LogP contribution is -2.08. The van der Waals surface area contributed by atoms with Crippen LogP contribution in [-0.4, -0.2) is 23.8 Å². The minimum atomic E-state index is -0.553. The van der Waals surface area contributed by atoms with Crippen LogP contribution < -0.4 is 0 Å². The molecule has 4 nitrogen and oxygen atoms in total. The molecule has 0 aromatic carbocycles. The summed E-state index contributed by atoms with van der Waals surface area (Å²) >= 11 is 5.81. The SMILES string of the molecule is COC(=O)c1ccc(C(=O)C2CC2)nc1Cl. The van der Waals surface area contributed by atoms with Crippen molar-refractivity contribution in [3.63, 3.8) is 0 Å². The molecule has 16 heavy (non-hydrogen) atoms. The maximum Gasteiger partial charge on any atom is 0.341 e. The number of methoxy groups -OCH3 is 1. The van der Waals surface area contributed by atoms with Crippen molar-refractivity contribution in [3.8, 4) is 0 Å². The van der Waals surface area contributed by atoms with Crippen LogP contribution in [0.4, 0.5) is 0 Å². The largest absolute Gasteiger partial charge is 0.465 e. The molecule has 1 aromatic rings. The highest BCUT2D eigenvalue weighted by Crippen LogP contribution is 2.32. The van der Waals surface area contributed by atoms with Gasteiger partial charge in [0.1, 0.15) is 10.8 Å². The molecule has 0 bridgehead atoms. The van der Waals surface area contributed by atoms with E-state index in [4.69, 9.17) is 11.6 Å². The molecule has 1 heterocycles. The van der Waals surface area contributed by atoms with E-state index in [0.29, 0.717) is 5.69 Å². The second-order valence-electron chi connectivity index (χ2n) is 3.66. The number of hydrogen-bond donors (Lipinski definition) is 0. The third-order valence-corrected chi connectivity index (χ3v) is 2.74. The van der Waals surface area contributed by atoms with Gasteiger partial charge in [0.15, 0.2) is 5.78 Å². The molecule has 0 amide bonds. The molecule has 0 saturated heterocycles. The van der Waals surface area contributed by atoms with Gasteiger partial charge in [0.25, 0.3) is 0 Å². The summed E-state index contributed by atoms with van der Waals surface area (Å²) in [5, 5.41) is 0.0124. The van der Waals surface area contributed by atoms with Crippen LogP contribution in [0.15, 0.2) is 12.1 Å². The maximum atomic E-state index is 11.7. The molecule has 2 rings (SSSR count). The lowest BCUT2D eigenvalue weighted by atomic mass is 10.1. The van der Waals surface area contributed by atoms with Crippen molar-refractivity contribution in [1.29, 1.82) is 0 Å². The van der Waals surface area contributed by atoms with Crippen molar-refractivity contribution >= 4 is 23.4 Å². The summed E-state index contributed by atoms with van der Waals surface area (Å²) in [5.74, 6) is -0.464. The minimum absolute atomic E-state index is 0.00156. The van der Waals surface area contributed by atoms with E-state index in [0.717, 1.165) is 12.8 Å². The molecular formula is C11H10ClNO3. The fourth-order valence-electron chi connectivity index (χ4n) is 1.39. The highest BCUT2D eigenvalue weighted by Gasteiger charge is 2.31. The van der Waals surface area contributed by atoms with Crippen LogP contribution in [0.25, 0.3) is 0 Å². The number of ether oxygens (including phenoxy) is 1. The number of Topliss-reactive ketones (excluding diaryl/α,β-unsaturated/α-hetero) is 1. The van der Waals surface area contributed by atoms with Crippen LogP contribution in [0.3, 0.4) is 0 Å². The van der Waals surface area contributed by atoms with Gasteiger partial charge in [-0.25, -0.2) is 9.78 Å². The molecule has 0 aliphatic heterocycles. The number of nitrogens with zero attached hydrogens (tertiary/aromatic N) is 1. The van der Waals surface area contributed by atoms with E-state index in [9.17, 15) is 9.59 Å². The number of carbonyl (C=O) groups is 2. The van der Waals surface area contributed by atoms with Crippen LogP contribution in [0.1, 0.15) is 33.7 Å². The molecule has 1 aliphatic rings. The maximum absolute atomic E-state index is 11.7. The predicted octanol–water partition coefficient (Wildman–Crippen LogP) is 2.11. The van der Waals surface area contributed by atoms with Crippen LogP contribution in [-0.2, 0) is 4.74 Å². The zero-order valence-electron chi connectivity index (χ0n) is 8.70. The zero-order valence-corrected chi connectivity index (χ0v) is 9.45. The molecule has 84 valence electrons. The van der Waals surface area contributed by atoms with Gasteiger partial charge in [-0.1, -0.05) is 11.6 Å². The summed E-state index contributed by atoms with van der Waals surface area (Å²) in [6, 6.07) is 2.98. The number of halogens is 1. The van der Waals surface area contributed by atoms with Crippen molar-refractivity contribution in [3.05, 3.63) is 28.5 Å². The Morgan fingerprint density at radius 1 is 1.44 bits per heavy atom. The predicted molar refractivity (Wildman–Crippen MR) is 57.6 cm³/mol. The van der Waals surface area contributed by atoms with Gasteiger partial charge >= 0.3 is 5.97 Å². The molecule has 5 heteroatoms. The van der Waals surface area contributed by atoms with E-state index in [1.165, 1.54) is 19.2 Å². The Kier molecular flexibility index (Phi) is 2.92. The van der Waals surface area contributed by atoms with Gasteiger partial charge in [0.05, 0.1) is 12.7 Å². The first-order chi connectivity index (χ1) is 7.63. The Bertz CT molecular complexity index is 455. The average Bonchev–Trinajstić information content (AvgIpc) is 3.10. The molecule has 0 atom stereocenters. The van der Waals surface area contributed by atoms with Crippen LogP contribution in [0, 0.1) is 5.92 Å². The molecule has 1 fully saturated rings. The smallest absolute Gasteiger partial charge is 0.341 e. The number of pyridine rings is 1. The number of esters is 1. The molecule has 1 aromatic heterocycles.